The van der Waals surface area contributed by atoms with Gasteiger partial charge in [-0.1, -0.05) is 13.8 Å². The number of nitrogens with zero attached hydrogens (tertiary/aromatic N) is 4. The maximum absolute atomic E-state index is 12.6. The number of tetrazole rings is 1. The number of carboxylic acids is 1. The standard InChI is InChI=1S/C8H12F2N4O2/c1-3-8(4-2,7(15)16)14-6(5(9)10)11-12-13-14/h5H,3-4H2,1-2H3,(H,15,16). The third-order valence-corrected chi connectivity index (χ3v) is 2.66. The first-order chi connectivity index (χ1) is 7.49. The molecule has 16 heavy (non-hydrogen) atoms. The number of halogens is 2. The third kappa shape index (κ3) is 1.74. The molecule has 6 nitrogen and oxygen atoms in total. The van der Waals surface area contributed by atoms with Crippen molar-refractivity contribution in [2.24, 2.45) is 0 Å². The highest BCUT2D eigenvalue weighted by atomic mass is 19.3. The van der Waals surface area contributed by atoms with Crippen LogP contribution in [0.4, 0.5) is 8.78 Å². The number of carbonyl (C=O) groups is 1. The summed E-state index contributed by atoms with van der Waals surface area (Å²) in [4.78, 5) is 11.2. The minimum Gasteiger partial charge on any atom is -0.479 e. The normalized spacial score (nSPS) is 12.1. The lowest BCUT2D eigenvalue weighted by atomic mass is 9.93. The fourth-order valence-electron chi connectivity index (χ4n) is 1.58. The molecule has 1 heterocycles. The van der Waals surface area contributed by atoms with Gasteiger partial charge in [0.15, 0.2) is 5.54 Å². The second-order valence-corrected chi connectivity index (χ2v) is 3.29. The van der Waals surface area contributed by atoms with Gasteiger partial charge < -0.3 is 5.11 Å². The molecule has 0 fully saturated rings. The largest absolute Gasteiger partial charge is 0.479 e. The molecule has 0 aromatic carbocycles. The van der Waals surface area contributed by atoms with Crippen molar-refractivity contribution in [2.75, 3.05) is 0 Å². The Balaban J connectivity index is 3.31. The summed E-state index contributed by atoms with van der Waals surface area (Å²) >= 11 is 0. The van der Waals surface area contributed by atoms with E-state index < -0.39 is 23.8 Å². The molecule has 1 aromatic rings. The third-order valence-electron chi connectivity index (χ3n) is 2.66. The van der Waals surface area contributed by atoms with Gasteiger partial charge in [-0.25, -0.2) is 18.3 Å². The van der Waals surface area contributed by atoms with Crippen molar-refractivity contribution in [1.29, 1.82) is 0 Å². The minimum atomic E-state index is -2.90. The summed E-state index contributed by atoms with van der Waals surface area (Å²) in [5.41, 5.74) is -1.50. The van der Waals surface area contributed by atoms with Crippen LogP contribution in [0, 0.1) is 0 Å². The lowest BCUT2D eigenvalue weighted by molar-refractivity contribution is -0.149. The summed E-state index contributed by atoms with van der Waals surface area (Å²) < 4.78 is 25.9. The van der Waals surface area contributed by atoms with Crippen molar-refractivity contribution in [3.8, 4) is 0 Å². The molecule has 0 aliphatic heterocycles. The molecule has 0 saturated carbocycles. The highest BCUT2D eigenvalue weighted by Gasteiger charge is 2.41. The number of rotatable bonds is 5. The van der Waals surface area contributed by atoms with Crippen LogP contribution in [0.3, 0.4) is 0 Å². The van der Waals surface area contributed by atoms with E-state index in [0.29, 0.717) is 4.68 Å². The van der Waals surface area contributed by atoms with Crippen LogP contribution in [0.2, 0.25) is 0 Å². The highest BCUT2D eigenvalue weighted by Crippen LogP contribution is 2.28. The maximum Gasteiger partial charge on any atom is 0.331 e. The summed E-state index contributed by atoms with van der Waals surface area (Å²) in [6.45, 7) is 3.18. The molecule has 0 aliphatic carbocycles. The minimum absolute atomic E-state index is 0.129. The van der Waals surface area contributed by atoms with Crippen LogP contribution in [0.1, 0.15) is 38.9 Å². The van der Waals surface area contributed by atoms with E-state index in [1.807, 2.05) is 0 Å². The van der Waals surface area contributed by atoms with Gasteiger partial charge in [0, 0.05) is 0 Å². The Morgan fingerprint density at radius 1 is 1.50 bits per heavy atom. The number of hydrogen-bond acceptors (Lipinski definition) is 4. The molecule has 8 heteroatoms. The zero-order valence-electron chi connectivity index (χ0n) is 8.89. The molecule has 1 aromatic heterocycles. The summed E-state index contributed by atoms with van der Waals surface area (Å²) in [7, 11) is 0. The van der Waals surface area contributed by atoms with Gasteiger partial charge in [-0.3, -0.25) is 0 Å². The Kier molecular flexibility index (Phi) is 3.51. The summed E-state index contributed by atoms with van der Waals surface area (Å²) in [5.74, 6) is -1.93. The van der Waals surface area contributed by atoms with E-state index in [4.69, 9.17) is 5.11 Å². The first-order valence-electron chi connectivity index (χ1n) is 4.79. The summed E-state index contributed by atoms with van der Waals surface area (Å²) in [5, 5.41) is 18.8. The first kappa shape index (κ1) is 12.5. The van der Waals surface area contributed by atoms with Gasteiger partial charge in [-0.2, -0.15) is 0 Å². The first-order valence-corrected chi connectivity index (χ1v) is 4.79. The Hall–Kier alpha value is -1.60. The average Bonchev–Trinajstić information content (AvgIpc) is 2.69. The van der Waals surface area contributed by atoms with Crippen LogP contribution in [-0.2, 0) is 10.3 Å². The fourth-order valence-corrected chi connectivity index (χ4v) is 1.58. The van der Waals surface area contributed by atoms with Crippen molar-refractivity contribution >= 4 is 5.97 Å². The van der Waals surface area contributed by atoms with Gasteiger partial charge in [-0.15, -0.1) is 5.10 Å². The molecule has 0 aliphatic rings. The Bertz CT molecular complexity index is 376. The van der Waals surface area contributed by atoms with Gasteiger partial charge in [0.2, 0.25) is 5.82 Å². The monoisotopic (exact) mass is 234 g/mol. The molecular formula is C8H12F2N4O2. The second kappa shape index (κ2) is 4.50. The van der Waals surface area contributed by atoms with Gasteiger partial charge in [0.05, 0.1) is 0 Å². The Morgan fingerprint density at radius 2 is 2.06 bits per heavy atom. The second-order valence-electron chi connectivity index (χ2n) is 3.29. The molecule has 1 N–H and O–H groups in total. The molecule has 0 radical (unpaired) electrons. The molecule has 1 rings (SSSR count). The number of aliphatic carboxylic acids is 1. The number of aromatic nitrogens is 4. The van der Waals surface area contributed by atoms with Crippen LogP contribution in [0.25, 0.3) is 0 Å². The van der Waals surface area contributed by atoms with Crippen molar-refractivity contribution in [3.05, 3.63) is 5.82 Å². The SMILES string of the molecule is CCC(CC)(C(=O)O)n1nnnc1C(F)F. The fraction of sp³-hybridized carbons (Fsp3) is 0.750. The van der Waals surface area contributed by atoms with E-state index in [1.165, 1.54) is 0 Å². The number of alkyl halides is 2. The zero-order chi connectivity index (χ0) is 12.3. The number of carboxylic acid groups (broad SMARTS) is 1. The quantitative estimate of drug-likeness (QED) is 0.828. The summed E-state index contributed by atoms with van der Waals surface area (Å²) in [6, 6.07) is 0. The number of hydrogen-bond donors (Lipinski definition) is 1. The van der Waals surface area contributed by atoms with E-state index in [0.717, 1.165) is 0 Å². The zero-order valence-corrected chi connectivity index (χ0v) is 8.89. The molecule has 0 atom stereocenters. The highest BCUT2D eigenvalue weighted by molar-refractivity contribution is 5.76. The van der Waals surface area contributed by atoms with Crippen LogP contribution in [0.5, 0.6) is 0 Å². The topological polar surface area (TPSA) is 80.9 Å². The molecule has 0 spiro atoms. The molecular weight excluding hydrogens is 222 g/mol. The lowest BCUT2D eigenvalue weighted by Gasteiger charge is -2.27. The van der Waals surface area contributed by atoms with E-state index in [1.54, 1.807) is 13.8 Å². The van der Waals surface area contributed by atoms with E-state index in [2.05, 4.69) is 15.5 Å². The van der Waals surface area contributed by atoms with Crippen LogP contribution in [-0.4, -0.2) is 31.3 Å². The maximum atomic E-state index is 12.6. The van der Waals surface area contributed by atoms with Gasteiger partial charge in [0.25, 0.3) is 6.43 Å². The smallest absolute Gasteiger partial charge is 0.331 e. The lowest BCUT2D eigenvalue weighted by Crippen LogP contribution is -2.42. The van der Waals surface area contributed by atoms with Gasteiger partial charge >= 0.3 is 5.97 Å². The predicted octanol–water partition coefficient (Wildman–Crippen LogP) is 1.21. The van der Waals surface area contributed by atoms with Crippen LogP contribution in [0.15, 0.2) is 0 Å². The van der Waals surface area contributed by atoms with Gasteiger partial charge in [-0.05, 0) is 23.3 Å². The van der Waals surface area contributed by atoms with Crippen molar-refractivity contribution in [2.45, 2.75) is 38.7 Å². The molecule has 0 amide bonds. The van der Waals surface area contributed by atoms with Gasteiger partial charge in [0.1, 0.15) is 0 Å². The molecule has 90 valence electrons. The Morgan fingerprint density at radius 3 is 2.44 bits per heavy atom. The molecule has 0 unspecified atom stereocenters. The Labute approximate surface area is 90.3 Å². The van der Waals surface area contributed by atoms with Crippen molar-refractivity contribution < 1.29 is 18.7 Å². The average molecular weight is 234 g/mol. The summed E-state index contributed by atoms with van der Waals surface area (Å²) in [6.07, 6.45) is -2.64. The molecule has 0 saturated heterocycles. The van der Waals surface area contributed by atoms with Crippen molar-refractivity contribution in [3.63, 3.8) is 0 Å². The molecule has 0 bridgehead atoms. The van der Waals surface area contributed by atoms with E-state index in [-0.39, 0.29) is 12.8 Å². The van der Waals surface area contributed by atoms with Crippen LogP contribution >= 0.6 is 0 Å². The predicted molar refractivity (Wildman–Crippen MR) is 49.0 cm³/mol. The van der Waals surface area contributed by atoms with Crippen LogP contribution < -0.4 is 0 Å². The van der Waals surface area contributed by atoms with E-state index in [9.17, 15) is 13.6 Å². The van der Waals surface area contributed by atoms with Crippen molar-refractivity contribution in [1.82, 2.24) is 20.2 Å². The van der Waals surface area contributed by atoms with E-state index >= 15 is 0 Å².